The van der Waals surface area contributed by atoms with Gasteiger partial charge in [0.1, 0.15) is 0 Å². The fourth-order valence-electron chi connectivity index (χ4n) is 0.0500. The Balaban J connectivity index is 0. The van der Waals surface area contributed by atoms with Crippen LogP contribution in [-0.4, -0.2) is 28.8 Å². The van der Waals surface area contributed by atoms with Gasteiger partial charge in [-0.05, 0) is 0 Å². The van der Waals surface area contributed by atoms with Gasteiger partial charge in [-0.15, -0.1) is 23.2 Å². The first kappa shape index (κ1) is 11.3. The number of alkyl halides is 2. The molecule has 0 atom stereocenters. The molecule has 0 aliphatic rings. The highest BCUT2D eigenvalue weighted by molar-refractivity contribution is 6.40. The summed E-state index contributed by atoms with van der Waals surface area (Å²) in [6, 6.07) is 0. The third-order valence-corrected chi connectivity index (χ3v) is 0.224. The van der Waals surface area contributed by atoms with Gasteiger partial charge in [0, 0.05) is 6.54 Å². The predicted octanol–water partition coefficient (Wildman–Crippen LogP) is 0.379. The minimum atomic E-state index is -0.0174. The third-order valence-electron chi connectivity index (χ3n) is 0.224. The number of hydroxylamine groups is 1. The lowest BCUT2D eigenvalue weighted by molar-refractivity contribution is 0.140. The minimum absolute atomic E-state index is 0.0174. The van der Waals surface area contributed by atoms with Crippen LogP contribution < -0.4 is 5.48 Å². The van der Waals surface area contributed by atoms with Gasteiger partial charge in [0.15, 0.2) is 0 Å². The monoisotopic (exact) mass is 161 g/mol. The van der Waals surface area contributed by atoms with Gasteiger partial charge in [-0.25, -0.2) is 5.48 Å². The highest BCUT2D eigenvalue weighted by Crippen LogP contribution is 1.73. The molecular formula is C3H9Cl2NO2. The van der Waals surface area contributed by atoms with E-state index in [1.807, 2.05) is 0 Å². The van der Waals surface area contributed by atoms with E-state index in [2.05, 4.69) is 0 Å². The molecule has 0 amide bonds. The maximum Gasteiger partial charge on any atom is 0.0967 e. The third kappa shape index (κ3) is 31.8. The molecule has 0 fully saturated rings. The van der Waals surface area contributed by atoms with Gasteiger partial charge >= 0.3 is 0 Å². The van der Waals surface area contributed by atoms with E-state index in [1.54, 1.807) is 5.48 Å². The number of nitrogens with one attached hydrogen (secondary N) is 1. The van der Waals surface area contributed by atoms with Gasteiger partial charge in [-0.1, -0.05) is 0 Å². The van der Waals surface area contributed by atoms with E-state index in [1.165, 1.54) is 0 Å². The summed E-state index contributed by atoms with van der Waals surface area (Å²) in [5.41, 5.74) is 1.77. The molecule has 0 bridgehead atoms. The first-order valence-corrected chi connectivity index (χ1v) is 3.00. The second-order valence-electron chi connectivity index (χ2n) is 0.733. The van der Waals surface area contributed by atoms with E-state index in [4.69, 9.17) is 33.5 Å². The Bertz CT molecular complexity index is 29.2. The van der Waals surface area contributed by atoms with Crippen LogP contribution in [0, 0.1) is 0 Å². The molecule has 0 aromatic carbocycles. The molecule has 5 heteroatoms. The molecule has 8 heavy (non-hydrogen) atoms. The van der Waals surface area contributed by atoms with Crippen molar-refractivity contribution in [1.29, 1.82) is 0 Å². The summed E-state index contributed by atoms with van der Waals surface area (Å²) in [4.78, 5) is 0. The van der Waals surface area contributed by atoms with Gasteiger partial charge in [0.2, 0.25) is 0 Å². The normalized spacial score (nSPS) is 7.50. The smallest absolute Gasteiger partial charge is 0.0967 e. The Morgan fingerprint density at radius 2 is 1.75 bits per heavy atom. The number of halogens is 2. The van der Waals surface area contributed by atoms with Crippen molar-refractivity contribution in [3.8, 4) is 0 Å². The van der Waals surface area contributed by atoms with E-state index in [0.29, 0.717) is 0 Å². The molecule has 0 saturated carbocycles. The lowest BCUT2D eigenvalue weighted by Crippen LogP contribution is -2.11. The van der Waals surface area contributed by atoms with Gasteiger partial charge in [-0.3, -0.25) is 0 Å². The first-order chi connectivity index (χ1) is 3.83. The fourth-order valence-corrected chi connectivity index (χ4v) is 0.0500. The molecule has 52 valence electrons. The van der Waals surface area contributed by atoms with Crippen LogP contribution in [-0.2, 0) is 0 Å². The van der Waals surface area contributed by atoms with Gasteiger partial charge in [0.25, 0.3) is 0 Å². The first-order valence-electron chi connectivity index (χ1n) is 1.93. The summed E-state index contributed by atoms with van der Waals surface area (Å²) >= 11 is 9.53. The Labute approximate surface area is 58.2 Å². The highest BCUT2D eigenvalue weighted by atomic mass is 35.5. The second kappa shape index (κ2) is 15.7. The van der Waals surface area contributed by atoms with E-state index >= 15 is 0 Å². The maximum atomic E-state index is 7.84. The zero-order chi connectivity index (χ0) is 6.83. The van der Waals surface area contributed by atoms with E-state index in [9.17, 15) is 0 Å². The van der Waals surface area contributed by atoms with Crippen molar-refractivity contribution in [1.82, 2.24) is 5.48 Å². The Kier molecular flexibility index (Phi) is 22.1. The quantitative estimate of drug-likeness (QED) is 0.406. The molecule has 3 nitrogen and oxygen atoms in total. The summed E-state index contributed by atoms with van der Waals surface area (Å²) < 4.78 is 0. The van der Waals surface area contributed by atoms with Crippen LogP contribution in [0.2, 0.25) is 0 Å². The molecule has 0 rings (SSSR count). The molecular weight excluding hydrogens is 153 g/mol. The van der Waals surface area contributed by atoms with Crippen LogP contribution in [0.1, 0.15) is 0 Å². The number of hydrogen-bond acceptors (Lipinski definition) is 3. The molecule has 0 aromatic heterocycles. The molecule has 3 N–H and O–H groups in total. The van der Waals surface area contributed by atoms with E-state index in [-0.39, 0.29) is 18.5 Å². The van der Waals surface area contributed by atoms with Crippen molar-refractivity contribution in [3.05, 3.63) is 0 Å². The molecule has 0 unspecified atom stereocenters. The van der Waals surface area contributed by atoms with Crippen LogP contribution in [0.3, 0.4) is 0 Å². The largest absolute Gasteiger partial charge is 0.395 e. The summed E-state index contributed by atoms with van der Waals surface area (Å²) in [5.74, 6) is 0. The van der Waals surface area contributed by atoms with E-state index < -0.39 is 0 Å². The summed E-state index contributed by atoms with van der Waals surface area (Å²) in [5, 5.41) is 15.7. The minimum Gasteiger partial charge on any atom is -0.395 e. The van der Waals surface area contributed by atoms with E-state index in [0.717, 1.165) is 0 Å². The van der Waals surface area contributed by atoms with Crippen molar-refractivity contribution in [2.75, 3.05) is 18.5 Å². The molecule has 0 aliphatic heterocycles. The average molecular weight is 162 g/mol. The number of hydrogen-bond donors (Lipinski definition) is 3. The number of rotatable bonds is 2. The Hall–Kier alpha value is 0.460. The van der Waals surface area contributed by atoms with Crippen molar-refractivity contribution < 1.29 is 10.3 Å². The lowest BCUT2D eigenvalue weighted by atomic mass is 10.8. The summed E-state index contributed by atoms with van der Waals surface area (Å²) in [7, 11) is 0. The van der Waals surface area contributed by atoms with Crippen LogP contribution in [0.25, 0.3) is 0 Å². The van der Waals surface area contributed by atoms with Gasteiger partial charge in [-0.2, -0.15) is 0 Å². The zero-order valence-corrected chi connectivity index (χ0v) is 5.78. The SMILES string of the molecule is ClCCl.OCCNO. The van der Waals surface area contributed by atoms with Crippen LogP contribution in [0.5, 0.6) is 0 Å². The Morgan fingerprint density at radius 1 is 1.38 bits per heavy atom. The zero-order valence-electron chi connectivity index (χ0n) is 4.27. The molecule has 0 spiro atoms. The summed E-state index contributed by atoms with van der Waals surface area (Å²) in [6.45, 7) is 0.233. The highest BCUT2D eigenvalue weighted by Gasteiger charge is 1.67. The van der Waals surface area contributed by atoms with Crippen LogP contribution >= 0.6 is 23.2 Å². The van der Waals surface area contributed by atoms with Crippen LogP contribution in [0.4, 0.5) is 0 Å². The van der Waals surface area contributed by atoms with Crippen molar-refractivity contribution in [3.63, 3.8) is 0 Å². The fraction of sp³-hybridized carbons (Fsp3) is 1.00. The van der Waals surface area contributed by atoms with Crippen LogP contribution in [0.15, 0.2) is 0 Å². The molecule has 0 saturated heterocycles. The van der Waals surface area contributed by atoms with Crippen molar-refractivity contribution in [2.24, 2.45) is 0 Å². The van der Waals surface area contributed by atoms with Crippen molar-refractivity contribution in [2.45, 2.75) is 0 Å². The predicted molar refractivity (Wildman–Crippen MR) is 33.4 cm³/mol. The molecule has 0 heterocycles. The number of aliphatic hydroxyl groups excluding tert-OH is 1. The Morgan fingerprint density at radius 3 is 1.75 bits per heavy atom. The molecule has 0 aliphatic carbocycles. The number of aliphatic hydroxyl groups is 1. The summed E-state index contributed by atoms with van der Waals surface area (Å²) in [6.07, 6.45) is 0. The standard InChI is InChI=1S/C2H7NO2.CH2Cl2/c4-2-1-3-5;2-1-3/h3-5H,1-2H2;1H2. The maximum absolute atomic E-state index is 7.84. The molecule has 0 radical (unpaired) electrons. The molecule has 0 aromatic rings. The lowest BCUT2D eigenvalue weighted by Gasteiger charge is -1.83. The topological polar surface area (TPSA) is 52.5 Å². The van der Waals surface area contributed by atoms with Crippen molar-refractivity contribution >= 4 is 23.2 Å². The average Bonchev–Trinajstić information content (AvgIpc) is 1.71. The van der Waals surface area contributed by atoms with Gasteiger partial charge in [0.05, 0.1) is 11.9 Å². The van der Waals surface area contributed by atoms with Gasteiger partial charge < -0.3 is 10.3 Å². The second-order valence-corrected chi connectivity index (χ2v) is 1.54.